The van der Waals surface area contributed by atoms with Crippen molar-refractivity contribution in [3.63, 3.8) is 0 Å². The van der Waals surface area contributed by atoms with Gasteiger partial charge in [0.2, 0.25) is 0 Å². The lowest BCUT2D eigenvalue weighted by molar-refractivity contribution is 0.0587. The normalized spacial score (nSPS) is 13.4. The Bertz CT molecular complexity index is 441. The minimum absolute atomic E-state index is 0.209. The summed E-state index contributed by atoms with van der Waals surface area (Å²) in [5, 5.41) is 15.2. The molecule has 0 aliphatic rings. The molecule has 2 amide bonds. The minimum atomic E-state index is -0.887. The summed E-state index contributed by atoms with van der Waals surface area (Å²) < 4.78 is 0. The number of aromatic nitrogens is 1. The van der Waals surface area contributed by atoms with Crippen LogP contribution >= 0.6 is 0 Å². The van der Waals surface area contributed by atoms with Crippen LogP contribution < -0.4 is 15.5 Å². The lowest BCUT2D eigenvalue weighted by Crippen LogP contribution is -2.41. The maximum atomic E-state index is 11.7. The van der Waals surface area contributed by atoms with Crippen LogP contribution in [0.1, 0.15) is 34.1 Å². The maximum absolute atomic E-state index is 11.7. The van der Waals surface area contributed by atoms with E-state index in [1.807, 2.05) is 19.1 Å². The summed E-state index contributed by atoms with van der Waals surface area (Å²) in [6, 6.07) is 3.35. The van der Waals surface area contributed by atoms with E-state index in [4.69, 9.17) is 0 Å². The molecule has 6 heteroatoms. The van der Waals surface area contributed by atoms with Crippen LogP contribution in [0.15, 0.2) is 18.3 Å². The number of hydrogen-bond donors (Lipinski definition) is 3. The number of pyridine rings is 1. The fourth-order valence-electron chi connectivity index (χ4n) is 1.77. The van der Waals surface area contributed by atoms with Crippen molar-refractivity contribution in [3.05, 3.63) is 18.3 Å². The molecule has 0 radical (unpaired) electrons. The number of nitrogens with one attached hydrogen (secondary N) is 2. The number of anilines is 2. The molecule has 1 heterocycles. The maximum Gasteiger partial charge on any atom is 0.319 e. The van der Waals surface area contributed by atoms with Crippen molar-refractivity contribution in [2.24, 2.45) is 0 Å². The molecule has 118 valence electrons. The molecule has 0 aromatic carbocycles. The van der Waals surface area contributed by atoms with E-state index >= 15 is 0 Å². The van der Waals surface area contributed by atoms with Gasteiger partial charge in [-0.2, -0.15) is 0 Å². The Morgan fingerprint density at radius 1 is 1.33 bits per heavy atom. The Kier molecular flexibility index (Phi) is 6.42. The standard InChI is InChI=1S/C15H26N4O2/c1-5-15(4,21)11-17-14(20)18-12-8-9-13(16-10-12)19(6-2)7-3/h8-10,21H,5-7,11H2,1-4H3,(H2,17,18,20)/t15-/m1/s1. The second-order valence-electron chi connectivity index (χ2n) is 5.24. The fourth-order valence-corrected chi connectivity index (χ4v) is 1.77. The Morgan fingerprint density at radius 2 is 2.00 bits per heavy atom. The number of nitrogens with zero attached hydrogens (tertiary/aromatic N) is 2. The van der Waals surface area contributed by atoms with Crippen LogP contribution in [0, 0.1) is 0 Å². The monoisotopic (exact) mass is 294 g/mol. The summed E-state index contributed by atoms with van der Waals surface area (Å²) in [7, 11) is 0. The molecular weight excluding hydrogens is 268 g/mol. The van der Waals surface area contributed by atoms with E-state index in [1.165, 1.54) is 0 Å². The third-order valence-electron chi connectivity index (χ3n) is 3.48. The van der Waals surface area contributed by atoms with Crippen molar-refractivity contribution in [1.29, 1.82) is 0 Å². The zero-order valence-electron chi connectivity index (χ0n) is 13.3. The highest BCUT2D eigenvalue weighted by Gasteiger charge is 2.18. The fraction of sp³-hybridized carbons (Fsp3) is 0.600. The van der Waals surface area contributed by atoms with Crippen molar-refractivity contribution in [2.45, 2.75) is 39.7 Å². The van der Waals surface area contributed by atoms with Crippen molar-refractivity contribution in [1.82, 2.24) is 10.3 Å². The summed E-state index contributed by atoms with van der Waals surface area (Å²) in [5.74, 6) is 0.889. The molecule has 1 rings (SSSR count). The van der Waals surface area contributed by atoms with E-state index < -0.39 is 5.60 Å². The SMILES string of the molecule is CCN(CC)c1ccc(NC(=O)NC[C@](C)(O)CC)cn1. The van der Waals surface area contributed by atoms with Gasteiger partial charge in [-0.1, -0.05) is 6.92 Å². The number of aliphatic hydroxyl groups is 1. The first kappa shape index (κ1) is 17.2. The third kappa shape index (κ3) is 5.59. The molecule has 3 N–H and O–H groups in total. The topological polar surface area (TPSA) is 77.5 Å². The van der Waals surface area contributed by atoms with Gasteiger partial charge in [-0.25, -0.2) is 9.78 Å². The van der Waals surface area contributed by atoms with Crippen LogP contribution in [0.3, 0.4) is 0 Å². The van der Waals surface area contributed by atoms with Gasteiger partial charge in [-0.05, 0) is 39.3 Å². The zero-order valence-corrected chi connectivity index (χ0v) is 13.3. The Morgan fingerprint density at radius 3 is 2.48 bits per heavy atom. The molecule has 1 atom stereocenters. The van der Waals surface area contributed by atoms with Gasteiger partial charge in [-0.3, -0.25) is 0 Å². The van der Waals surface area contributed by atoms with Crippen LogP contribution in [-0.4, -0.2) is 41.4 Å². The molecule has 1 aromatic rings. The van der Waals surface area contributed by atoms with Gasteiger partial charge in [0.1, 0.15) is 5.82 Å². The molecular formula is C15H26N4O2. The van der Waals surface area contributed by atoms with E-state index in [0.29, 0.717) is 12.1 Å². The van der Waals surface area contributed by atoms with E-state index in [1.54, 1.807) is 13.1 Å². The first-order chi connectivity index (χ1) is 9.91. The average molecular weight is 294 g/mol. The Labute approximate surface area is 126 Å². The van der Waals surface area contributed by atoms with Crippen molar-refractivity contribution < 1.29 is 9.90 Å². The van der Waals surface area contributed by atoms with Crippen LogP contribution in [-0.2, 0) is 0 Å². The summed E-state index contributed by atoms with van der Waals surface area (Å²) in [6.45, 7) is 9.70. The molecule has 0 aliphatic heterocycles. The molecule has 0 saturated heterocycles. The first-order valence-electron chi connectivity index (χ1n) is 7.40. The highest BCUT2D eigenvalue weighted by molar-refractivity contribution is 5.89. The lowest BCUT2D eigenvalue weighted by atomic mass is 10.0. The Hall–Kier alpha value is -1.82. The lowest BCUT2D eigenvalue weighted by Gasteiger charge is -2.22. The number of amides is 2. The molecule has 0 aliphatic carbocycles. The van der Waals surface area contributed by atoms with Gasteiger partial charge in [0.15, 0.2) is 0 Å². The predicted octanol–water partition coefficient (Wildman–Crippen LogP) is 2.21. The molecule has 0 unspecified atom stereocenters. The molecule has 6 nitrogen and oxygen atoms in total. The summed E-state index contributed by atoms with van der Waals surface area (Å²) >= 11 is 0. The number of rotatable bonds is 7. The van der Waals surface area contributed by atoms with E-state index in [-0.39, 0.29) is 12.6 Å². The minimum Gasteiger partial charge on any atom is -0.388 e. The van der Waals surface area contributed by atoms with Gasteiger partial charge in [0.05, 0.1) is 17.5 Å². The summed E-state index contributed by atoms with van der Waals surface area (Å²) in [4.78, 5) is 18.2. The van der Waals surface area contributed by atoms with E-state index in [0.717, 1.165) is 18.9 Å². The van der Waals surface area contributed by atoms with Crippen molar-refractivity contribution >= 4 is 17.5 Å². The predicted molar refractivity (Wildman–Crippen MR) is 85.7 cm³/mol. The zero-order chi connectivity index (χ0) is 15.9. The number of hydrogen-bond acceptors (Lipinski definition) is 4. The van der Waals surface area contributed by atoms with Gasteiger partial charge >= 0.3 is 6.03 Å². The average Bonchev–Trinajstić information content (AvgIpc) is 2.48. The highest BCUT2D eigenvalue weighted by Crippen LogP contribution is 2.13. The van der Waals surface area contributed by atoms with Gasteiger partial charge in [-0.15, -0.1) is 0 Å². The van der Waals surface area contributed by atoms with E-state index in [2.05, 4.69) is 34.4 Å². The first-order valence-corrected chi connectivity index (χ1v) is 7.40. The molecule has 0 fully saturated rings. The van der Waals surface area contributed by atoms with Crippen LogP contribution in [0.25, 0.3) is 0 Å². The van der Waals surface area contributed by atoms with Crippen molar-refractivity contribution in [3.8, 4) is 0 Å². The second kappa shape index (κ2) is 7.83. The highest BCUT2D eigenvalue weighted by atomic mass is 16.3. The van der Waals surface area contributed by atoms with Crippen LogP contribution in [0.2, 0.25) is 0 Å². The smallest absolute Gasteiger partial charge is 0.319 e. The van der Waals surface area contributed by atoms with Gasteiger partial charge in [0, 0.05) is 19.6 Å². The number of carbonyl (C=O) groups excluding carboxylic acids is 1. The molecule has 1 aromatic heterocycles. The van der Waals surface area contributed by atoms with Gasteiger partial charge < -0.3 is 20.6 Å². The molecule has 21 heavy (non-hydrogen) atoms. The summed E-state index contributed by atoms with van der Waals surface area (Å²) in [5.41, 5.74) is -0.262. The van der Waals surface area contributed by atoms with Gasteiger partial charge in [0.25, 0.3) is 0 Å². The number of carbonyl (C=O) groups is 1. The van der Waals surface area contributed by atoms with Crippen LogP contribution in [0.4, 0.5) is 16.3 Å². The van der Waals surface area contributed by atoms with Crippen molar-refractivity contribution in [2.75, 3.05) is 29.9 Å². The molecule has 0 saturated carbocycles. The van der Waals surface area contributed by atoms with E-state index in [9.17, 15) is 9.90 Å². The van der Waals surface area contributed by atoms with Crippen LogP contribution in [0.5, 0.6) is 0 Å². The number of urea groups is 1. The Balaban J connectivity index is 2.54. The quantitative estimate of drug-likeness (QED) is 0.720. The molecule has 0 bridgehead atoms. The summed E-state index contributed by atoms with van der Waals surface area (Å²) in [6.07, 6.45) is 2.21. The third-order valence-corrected chi connectivity index (χ3v) is 3.48. The molecule has 0 spiro atoms. The largest absolute Gasteiger partial charge is 0.388 e. The second-order valence-corrected chi connectivity index (χ2v) is 5.24.